The van der Waals surface area contributed by atoms with Crippen molar-refractivity contribution in [3.8, 4) is 5.75 Å². The van der Waals surface area contributed by atoms with Crippen LogP contribution < -0.4 is 5.32 Å². The Morgan fingerprint density at radius 2 is 2.17 bits per heavy atom. The molecule has 0 unspecified atom stereocenters. The van der Waals surface area contributed by atoms with Gasteiger partial charge < -0.3 is 20.3 Å². The van der Waals surface area contributed by atoms with E-state index in [4.69, 9.17) is 0 Å². The van der Waals surface area contributed by atoms with Crippen molar-refractivity contribution in [2.24, 2.45) is 0 Å². The van der Waals surface area contributed by atoms with Gasteiger partial charge in [-0.1, -0.05) is 0 Å². The molecule has 7 heteroatoms. The average Bonchev–Trinajstić information content (AvgIpc) is 2.35. The number of aliphatic hydroxyl groups is 1. The van der Waals surface area contributed by atoms with Crippen LogP contribution in [0.2, 0.25) is 0 Å². The van der Waals surface area contributed by atoms with Gasteiger partial charge in [0.1, 0.15) is 5.75 Å². The molecule has 1 aromatic rings. The van der Waals surface area contributed by atoms with Gasteiger partial charge in [0.05, 0.1) is 13.2 Å². The minimum atomic E-state index is -1.22. The van der Waals surface area contributed by atoms with Crippen LogP contribution in [0.5, 0.6) is 5.75 Å². The molecule has 0 aromatic carbocycles. The van der Waals surface area contributed by atoms with Crippen LogP contribution in [0.3, 0.4) is 0 Å². The van der Waals surface area contributed by atoms with Crippen molar-refractivity contribution in [3.63, 3.8) is 0 Å². The topological polar surface area (TPSA) is 109 Å². The molecular weight excluding hydrogens is 240 g/mol. The number of methoxy groups -OCH3 is 1. The van der Waals surface area contributed by atoms with E-state index in [1.807, 2.05) is 0 Å². The summed E-state index contributed by atoms with van der Waals surface area (Å²) in [4.78, 5) is 26.8. The third-order valence-electron chi connectivity index (χ3n) is 2.23. The highest BCUT2D eigenvalue weighted by atomic mass is 16.5. The standard InChI is InChI=1S/C11H14N2O5/c1-6(14)8(11(17)18-2)13-10(16)9-7(15)4-3-5-12-9/h3-6,8,14-15H,1-2H3,(H,13,16)/t6-,8+/m1/s1. The van der Waals surface area contributed by atoms with Gasteiger partial charge in [0, 0.05) is 6.20 Å². The lowest BCUT2D eigenvalue weighted by atomic mass is 10.1. The zero-order valence-electron chi connectivity index (χ0n) is 9.95. The van der Waals surface area contributed by atoms with Gasteiger partial charge in [0.25, 0.3) is 5.91 Å². The number of carbonyl (C=O) groups is 2. The maximum Gasteiger partial charge on any atom is 0.331 e. The number of hydrogen-bond donors (Lipinski definition) is 3. The van der Waals surface area contributed by atoms with Crippen molar-refractivity contribution in [2.45, 2.75) is 19.1 Å². The van der Waals surface area contributed by atoms with Crippen LogP contribution in [0, 0.1) is 0 Å². The Morgan fingerprint density at radius 1 is 1.50 bits per heavy atom. The van der Waals surface area contributed by atoms with Gasteiger partial charge in [0.2, 0.25) is 0 Å². The largest absolute Gasteiger partial charge is 0.505 e. The number of esters is 1. The summed E-state index contributed by atoms with van der Waals surface area (Å²) in [5, 5.41) is 21.0. The summed E-state index contributed by atoms with van der Waals surface area (Å²) in [5.41, 5.74) is -0.230. The van der Waals surface area contributed by atoms with Crippen LogP contribution in [-0.2, 0) is 9.53 Å². The number of ether oxygens (including phenoxy) is 1. The molecule has 0 spiro atoms. The molecule has 0 aliphatic carbocycles. The number of carbonyl (C=O) groups excluding carboxylic acids is 2. The van der Waals surface area contributed by atoms with E-state index in [-0.39, 0.29) is 11.4 Å². The van der Waals surface area contributed by atoms with Crippen molar-refractivity contribution in [1.82, 2.24) is 10.3 Å². The fourth-order valence-electron chi connectivity index (χ4n) is 1.28. The zero-order chi connectivity index (χ0) is 13.7. The van der Waals surface area contributed by atoms with E-state index >= 15 is 0 Å². The van der Waals surface area contributed by atoms with E-state index in [2.05, 4.69) is 15.0 Å². The molecule has 1 heterocycles. The van der Waals surface area contributed by atoms with E-state index in [0.29, 0.717) is 0 Å². The van der Waals surface area contributed by atoms with Gasteiger partial charge in [-0.25, -0.2) is 9.78 Å². The highest BCUT2D eigenvalue weighted by Crippen LogP contribution is 2.12. The number of aromatic hydroxyl groups is 1. The lowest BCUT2D eigenvalue weighted by Crippen LogP contribution is -2.48. The first-order valence-electron chi connectivity index (χ1n) is 5.18. The highest BCUT2D eigenvalue weighted by molar-refractivity contribution is 5.97. The smallest absolute Gasteiger partial charge is 0.331 e. The summed E-state index contributed by atoms with van der Waals surface area (Å²) < 4.78 is 4.44. The van der Waals surface area contributed by atoms with Crippen molar-refractivity contribution in [3.05, 3.63) is 24.0 Å². The molecule has 0 saturated heterocycles. The number of nitrogens with zero attached hydrogens (tertiary/aromatic N) is 1. The van der Waals surface area contributed by atoms with Crippen molar-refractivity contribution < 1.29 is 24.5 Å². The van der Waals surface area contributed by atoms with Crippen LogP contribution in [0.25, 0.3) is 0 Å². The second-order valence-corrected chi connectivity index (χ2v) is 3.59. The molecule has 18 heavy (non-hydrogen) atoms. The molecule has 98 valence electrons. The monoisotopic (exact) mass is 254 g/mol. The van der Waals surface area contributed by atoms with Gasteiger partial charge in [-0.3, -0.25) is 4.79 Å². The number of nitrogens with one attached hydrogen (secondary N) is 1. The van der Waals surface area contributed by atoms with E-state index in [9.17, 15) is 19.8 Å². The van der Waals surface area contributed by atoms with E-state index in [1.165, 1.54) is 25.3 Å². The first-order valence-corrected chi connectivity index (χ1v) is 5.18. The molecular formula is C11H14N2O5. The predicted molar refractivity (Wildman–Crippen MR) is 60.9 cm³/mol. The minimum absolute atomic E-state index is 0.230. The van der Waals surface area contributed by atoms with Crippen molar-refractivity contribution in [2.75, 3.05) is 7.11 Å². The maximum atomic E-state index is 11.7. The number of aromatic nitrogens is 1. The first-order chi connectivity index (χ1) is 8.47. The lowest BCUT2D eigenvalue weighted by Gasteiger charge is -2.18. The second kappa shape index (κ2) is 5.97. The Kier molecular flexibility index (Phi) is 4.61. The maximum absolute atomic E-state index is 11.7. The Morgan fingerprint density at radius 3 is 2.67 bits per heavy atom. The Hall–Kier alpha value is -2.15. The third kappa shape index (κ3) is 3.17. The van der Waals surface area contributed by atoms with E-state index < -0.39 is 24.0 Å². The molecule has 0 aliphatic heterocycles. The molecule has 1 rings (SSSR count). The van der Waals surface area contributed by atoms with Gasteiger partial charge in [-0.2, -0.15) is 0 Å². The number of pyridine rings is 1. The van der Waals surface area contributed by atoms with E-state index in [0.717, 1.165) is 7.11 Å². The second-order valence-electron chi connectivity index (χ2n) is 3.59. The summed E-state index contributed by atoms with van der Waals surface area (Å²) in [6.45, 7) is 1.33. The van der Waals surface area contributed by atoms with Gasteiger partial charge >= 0.3 is 5.97 Å². The molecule has 7 nitrogen and oxygen atoms in total. The van der Waals surface area contributed by atoms with Crippen molar-refractivity contribution in [1.29, 1.82) is 0 Å². The fourth-order valence-corrected chi connectivity index (χ4v) is 1.28. The van der Waals surface area contributed by atoms with Gasteiger partial charge in [-0.05, 0) is 19.1 Å². The van der Waals surface area contributed by atoms with Crippen LogP contribution >= 0.6 is 0 Å². The quantitative estimate of drug-likeness (QED) is 0.621. The molecule has 0 fully saturated rings. The van der Waals surface area contributed by atoms with Crippen LogP contribution in [0.4, 0.5) is 0 Å². The SMILES string of the molecule is COC(=O)[C@@H](NC(=O)c1ncccc1O)[C@@H](C)O. The minimum Gasteiger partial charge on any atom is -0.505 e. The average molecular weight is 254 g/mol. The number of amides is 1. The molecule has 1 amide bonds. The molecule has 0 bridgehead atoms. The first kappa shape index (κ1) is 13.9. The van der Waals surface area contributed by atoms with E-state index in [1.54, 1.807) is 0 Å². The van der Waals surface area contributed by atoms with Crippen molar-refractivity contribution >= 4 is 11.9 Å². The Balaban J connectivity index is 2.86. The van der Waals surface area contributed by atoms with Crippen LogP contribution in [0.1, 0.15) is 17.4 Å². The number of hydrogen-bond acceptors (Lipinski definition) is 6. The summed E-state index contributed by atoms with van der Waals surface area (Å²) in [5.74, 6) is -1.87. The molecule has 3 N–H and O–H groups in total. The normalized spacial score (nSPS) is 13.5. The Bertz CT molecular complexity index is 447. The summed E-state index contributed by atoms with van der Waals surface area (Å²) in [6, 6.07) is 1.53. The lowest BCUT2D eigenvalue weighted by molar-refractivity contribution is -0.145. The molecule has 1 aromatic heterocycles. The molecule has 0 saturated carbocycles. The molecule has 0 radical (unpaired) electrons. The fraction of sp³-hybridized carbons (Fsp3) is 0.364. The van der Waals surface area contributed by atoms with Crippen LogP contribution in [-0.4, -0.2) is 46.3 Å². The Labute approximate surface area is 103 Å². The van der Waals surface area contributed by atoms with Gasteiger partial charge in [0.15, 0.2) is 11.7 Å². The molecule has 2 atom stereocenters. The van der Waals surface area contributed by atoms with Crippen LogP contribution in [0.15, 0.2) is 18.3 Å². The molecule has 0 aliphatic rings. The third-order valence-corrected chi connectivity index (χ3v) is 2.23. The highest BCUT2D eigenvalue weighted by Gasteiger charge is 2.28. The summed E-state index contributed by atoms with van der Waals surface area (Å²) >= 11 is 0. The van der Waals surface area contributed by atoms with Gasteiger partial charge in [-0.15, -0.1) is 0 Å². The zero-order valence-corrected chi connectivity index (χ0v) is 9.95. The predicted octanol–water partition coefficient (Wildman–Crippen LogP) is -0.561. The summed E-state index contributed by atoms with van der Waals surface area (Å²) in [6.07, 6.45) is 0.191. The summed E-state index contributed by atoms with van der Waals surface area (Å²) in [7, 11) is 1.14. The number of rotatable bonds is 4. The number of aliphatic hydroxyl groups excluding tert-OH is 1.